The van der Waals surface area contributed by atoms with Gasteiger partial charge in [0.2, 0.25) is 0 Å². The number of ether oxygens (including phenoxy) is 2. The van der Waals surface area contributed by atoms with E-state index in [0.717, 1.165) is 5.56 Å². The highest BCUT2D eigenvalue weighted by molar-refractivity contribution is 6.00. The molecule has 0 bridgehead atoms. The van der Waals surface area contributed by atoms with Gasteiger partial charge in [-0.05, 0) is 36.2 Å². The number of benzene rings is 2. The summed E-state index contributed by atoms with van der Waals surface area (Å²) in [6.45, 7) is 0. The van der Waals surface area contributed by atoms with Crippen LogP contribution in [0.3, 0.4) is 0 Å². The zero-order chi connectivity index (χ0) is 16.1. The van der Waals surface area contributed by atoms with Crippen LogP contribution in [0.4, 0.5) is 10.1 Å². The monoisotopic (exact) mass is 303 g/mol. The van der Waals surface area contributed by atoms with Crippen molar-refractivity contribution in [2.75, 3.05) is 20.0 Å². The molecule has 116 valence electrons. The Bertz CT molecular complexity index is 686. The molecule has 4 nitrogen and oxygen atoms in total. The molecule has 0 amide bonds. The highest BCUT2D eigenvalue weighted by atomic mass is 19.1. The number of ketones is 1. The van der Waals surface area contributed by atoms with Crippen molar-refractivity contribution in [2.24, 2.45) is 0 Å². The van der Waals surface area contributed by atoms with Gasteiger partial charge in [0, 0.05) is 23.7 Å². The fraction of sp³-hybridized carbons (Fsp3) is 0.235. The zero-order valence-corrected chi connectivity index (χ0v) is 12.6. The van der Waals surface area contributed by atoms with Gasteiger partial charge in [-0.15, -0.1) is 0 Å². The van der Waals surface area contributed by atoms with Crippen LogP contribution in [-0.4, -0.2) is 20.0 Å². The minimum absolute atomic E-state index is 0.199. The Morgan fingerprint density at radius 3 is 2.59 bits per heavy atom. The first kappa shape index (κ1) is 15.8. The van der Waals surface area contributed by atoms with E-state index >= 15 is 0 Å². The van der Waals surface area contributed by atoms with E-state index < -0.39 is 5.82 Å². The lowest BCUT2D eigenvalue weighted by molar-refractivity contribution is 0.0983. The van der Waals surface area contributed by atoms with Crippen molar-refractivity contribution in [2.45, 2.75) is 12.8 Å². The Balaban J connectivity index is 2.12. The second kappa shape index (κ2) is 6.93. The average Bonchev–Trinajstić information content (AvgIpc) is 2.54. The van der Waals surface area contributed by atoms with Crippen LogP contribution in [0, 0.1) is 5.82 Å². The average molecular weight is 303 g/mol. The third-order valence-corrected chi connectivity index (χ3v) is 3.43. The maximum Gasteiger partial charge on any atom is 0.165 e. The fourth-order valence-electron chi connectivity index (χ4n) is 2.21. The number of nitrogens with two attached hydrogens (primary N) is 1. The molecule has 0 aliphatic carbocycles. The van der Waals surface area contributed by atoms with Crippen molar-refractivity contribution in [1.82, 2.24) is 0 Å². The molecule has 0 fully saturated rings. The van der Waals surface area contributed by atoms with Crippen molar-refractivity contribution in [1.29, 1.82) is 0 Å². The molecule has 0 radical (unpaired) electrons. The molecule has 2 N–H and O–H groups in total. The van der Waals surface area contributed by atoms with E-state index in [2.05, 4.69) is 0 Å². The van der Waals surface area contributed by atoms with Crippen molar-refractivity contribution in [3.8, 4) is 11.5 Å². The maximum atomic E-state index is 13.2. The molecule has 0 atom stereocenters. The SMILES string of the molecule is COc1ccc(CCC(=O)c2cc(F)ccc2N)c(OC)c1. The Morgan fingerprint density at radius 2 is 1.91 bits per heavy atom. The second-order valence-electron chi connectivity index (χ2n) is 4.83. The normalized spacial score (nSPS) is 10.3. The van der Waals surface area contributed by atoms with E-state index in [0.29, 0.717) is 17.9 Å². The minimum Gasteiger partial charge on any atom is -0.497 e. The van der Waals surface area contributed by atoms with Crippen molar-refractivity contribution in [3.05, 3.63) is 53.3 Å². The van der Waals surface area contributed by atoms with Gasteiger partial charge in [-0.25, -0.2) is 4.39 Å². The number of hydrogen-bond acceptors (Lipinski definition) is 4. The lowest BCUT2D eigenvalue weighted by atomic mass is 10.0. The van der Waals surface area contributed by atoms with Gasteiger partial charge in [0.25, 0.3) is 0 Å². The van der Waals surface area contributed by atoms with E-state index in [9.17, 15) is 9.18 Å². The van der Waals surface area contributed by atoms with Gasteiger partial charge in [-0.2, -0.15) is 0 Å². The number of nitrogen functional groups attached to an aromatic ring is 1. The second-order valence-corrected chi connectivity index (χ2v) is 4.83. The van der Waals surface area contributed by atoms with Gasteiger partial charge in [0.1, 0.15) is 17.3 Å². The Labute approximate surface area is 128 Å². The van der Waals surface area contributed by atoms with Gasteiger partial charge in [-0.3, -0.25) is 4.79 Å². The van der Waals surface area contributed by atoms with E-state index in [1.54, 1.807) is 26.4 Å². The van der Waals surface area contributed by atoms with Crippen molar-refractivity contribution >= 4 is 11.5 Å². The summed E-state index contributed by atoms with van der Waals surface area (Å²) in [7, 11) is 3.13. The summed E-state index contributed by atoms with van der Waals surface area (Å²) in [6, 6.07) is 9.22. The van der Waals surface area contributed by atoms with Gasteiger partial charge in [0.05, 0.1) is 14.2 Å². The van der Waals surface area contributed by atoms with Crippen LogP contribution in [0.15, 0.2) is 36.4 Å². The molecule has 0 aliphatic rings. The first-order valence-electron chi connectivity index (χ1n) is 6.84. The lowest BCUT2D eigenvalue weighted by Gasteiger charge is -2.10. The van der Waals surface area contributed by atoms with Crippen molar-refractivity contribution in [3.63, 3.8) is 0 Å². The van der Waals surface area contributed by atoms with Crippen LogP contribution in [0.25, 0.3) is 0 Å². The van der Waals surface area contributed by atoms with Crippen LogP contribution in [0.2, 0.25) is 0 Å². The van der Waals surface area contributed by atoms with Crippen LogP contribution in [-0.2, 0) is 6.42 Å². The predicted molar refractivity (Wildman–Crippen MR) is 83.0 cm³/mol. The highest BCUT2D eigenvalue weighted by Crippen LogP contribution is 2.26. The van der Waals surface area contributed by atoms with Crippen LogP contribution in [0.5, 0.6) is 11.5 Å². The number of hydrogen-bond donors (Lipinski definition) is 1. The highest BCUT2D eigenvalue weighted by Gasteiger charge is 2.13. The molecule has 0 saturated heterocycles. The lowest BCUT2D eigenvalue weighted by Crippen LogP contribution is -2.06. The molecular weight excluding hydrogens is 285 g/mol. The summed E-state index contributed by atoms with van der Waals surface area (Å²) < 4.78 is 23.7. The van der Waals surface area contributed by atoms with E-state index in [1.807, 2.05) is 6.07 Å². The summed E-state index contributed by atoms with van der Waals surface area (Å²) >= 11 is 0. The van der Waals surface area contributed by atoms with Gasteiger partial charge in [-0.1, -0.05) is 6.07 Å². The molecule has 2 rings (SSSR count). The Hall–Kier alpha value is -2.56. The molecule has 0 aromatic heterocycles. The summed E-state index contributed by atoms with van der Waals surface area (Å²) in [6.07, 6.45) is 0.693. The van der Waals surface area contributed by atoms with Crippen molar-refractivity contribution < 1.29 is 18.7 Å². The van der Waals surface area contributed by atoms with Crippen LogP contribution >= 0.6 is 0 Å². The predicted octanol–water partition coefficient (Wildman–Crippen LogP) is 3.24. The molecular formula is C17H18FNO3. The third-order valence-electron chi connectivity index (χ3n) is 3.43. The minimum atomic E-state index is -0.473. The number of carbonyl (C=O) groups is 1. The molecule has 0 unspecified atom stereocenters. The Morgan fingerprint density at radius 1 is 1.14 bits per heavy atom. The topological polar surface area (TPSA) is 61.5 Å². The smallest absolute Gasteiger partial charge is 0.165 e. The summed E-state index contributed by atoms with van der Waals surface area (Å²) in [5, 5.41) is 0. The molecule has 0 heterocycles. The standard InChI is InChI=1S/C17H18FNO3/c1-21-13-6-3-11(17(10-13)22-2)4-8-16(20)14-9-12(18)5-7-15(14)19/h3,5-7,9-10H,4,8,19H2,1-2H3. The third kappa shape index (κ3) is 3.55. The quantitative estimate of drug-likeness (QED) is 0.657. The molecule has 0 aliphatic heterocycles. The number of Topliss-reactive ketones (excluding diaryl/α,β-unsaturated/α-hetero) is 1. The van der Waals surface area contributed by atoms with Gasteiger partial charge in [0.15, 0.2) is 5.78 Å². The number of aryl methyl sites for hydroxylation is 1. The zero-order valence-electron chi connectivity index (χ0n) is 12.6. The molecule has 2 aromatic carbocycles. The molecule has 0 saturated carbocycles. The number of anilines is 1. The molecule has 22 heavy (non-hydrogen) atoms. The maximum absolute atomic E-state index is 13.2. The summed E-state index contributed by atoms with van der Waals surface area (Å²) in [4.78, 5) is 12.2. The molecule has 0 spiro atoms. The number of rotatable bonds is 6. The summed E-state index contributed by atoms with van der Waals surface area (Å²) in [5.74, 6) is 0.662. The van der Waals surface area contributed by atoms with Crippen LogP contribution < -0.4 is 15.2 Å². The first-order valence-corrected chi connectivity index (χ1v) is 6.84. The Kier molecular flexibility index (Phi) is 4.99. The van der Waals surface area contributed by atoms with E-state index in [1.165, 1.54) is 18.2 Å². The van der Waals surface area contributed by atoms with E-state index in [4.69, 9.17) is 15.2 Å². The summed E-state index contributed by atoms with van der Waals surface area (Å²) in [5.41, 5.74) is 7.11. The molecule has 2 aromatic rings. The largest absolute Gasteiger partial charge is 0.497 e. The first-order chi connectivity index (χ1) is 10.5. The fourth-order valence-corrected chi connectivity index (χ4v) is 2.21. The number of carbonyl (C=O) groups excluding carboxylic acids is 1. The van der Waals surface area contributed by atoms with Gasteiger partial charge >= 0.3 is 0 Å². The number of methoxy groups -OCH3 is 2. The molecule has 5 heteroatoms. The van der Waals surface area contributed by atoms with Gasteiger partial charge < -0.3 is 15.2 Å². The van der Waals surface area contributed by atoms with E-state index in [-0.39, 0.29) is 23.5 Å². The number of halogens is 1. The van der Waals surface area contributed by atoms with Crippen LogP contribution in [0.1, 0.15) is 22.3 Å².